The van der Waals surface area contributed by atoms with Gasteiger partial charge in [-0.1, -0.05) is 6.92 Å². The van der Waals surface area contributed by atoms with Gasteiger partial charge in [-0.25, -0.2) is 9.97 Å². The molecule has 0 unspecified atom stereocenters. The molecule has 0 aliphatic heterocycles. The van der Waals surface area contributed by atoms with Gasteiger partial charge in [-0.15, -0.1) is 11.3 Å². The van der Waals surface area contributed by atoms with Crippen LogP contribution in [0.25, 0.3) is 0 Å². The number of thiazole rings is 1. The number of halogens is 1. The fraction of sp³-hybridized carbons (Fsp3) is 0.364. The van der Waals surface area contributed by atoms with E-state index in [1.54, 1.807) is 34.6 Å². The zero-order valence-electron chi connectivity index (χ0n) is 9.89. The molecule has 0 radical (unpaired) electrons. The summed E-state index contributed by atoms with van der Waals surface area (Å²) in [5, 5.41) is 4.13. The average Bonchev–Trinajstić information content (AvgIpc) is 2.80. The largest absolute Gasteiger partial charge is 0.362 e. The van der Waals surface area contributed by atoms with Crippen LogP contribution in [0.15, 0.2) is 23.5 Å². The quantitative estimate of drug-likeness (QED) is 0.813. The van der Waals surface area contributed by atoms with Crippen molar-refractivity contribution in [2.45, 2.75) is 19.9 Å². The van der Waals surface area contributed by atoms with E-state index < -0.39 is 0 Å². The van der Waals surface area contributed by atoms with Crippen LogP contribution in [0.3, 0.4) is 0 Å². The highest BCUT2D eigenvalue weighted by Crippen LogP contribution is 2.18. The first-order valence-corrected chi connectivity index (χ1v) is 7.48. The Morgan fingerprint density at radius 3 is 3.11 bits per heavy atom. The monoisotopic (exact) mass is 376 g/mol. The Bertz CT molecular complexity index is 580. The van der Waals surface area contributed by atoms with Gasteiger partial charge in [0.05, 0.1) is 16.4 Å². The summed E-state index contributed by atoms with van der Waals surface area (Å²) in [6.07, 6.45) is 5.99. The number of nitrogens with one attached hydrogen (secondary N) is 1. The molecule has 0 aromatic carbocycles. The van der Waals surface area contributed by atoms with Crippen molar-refractivity contribution in [1.29, 1.82) is 0 Å². The number of hydrogen-bond acceptors (Lipinski definition) is 5. The van der Waals surface area contributed by atoms with Crippen molar-refractivity contribution >= 4 is 39.1 Å². The maximum absolute atomic E-state index is 11.8. The smallest absolute Gasteiger partial charge is 0.267 e. The summed E-state index contributed by atoms with van der Waals surface area (Å²) in [6.45, 7) is 3.55. The molecule has 2 heterocycles. The lowest BCUT2D eigenvalue weighted by atomic mass is 10.5. The topological polar surface area (TPSA) is 59.8 Å². The Balaban J connectivity index is 2.11. The molecule has 0 saturated carbocycles. The minimum atomic E-state index is -0.0120. The molecule has 0 atom stereocenters. The molecule has 18 heavy (non-hydrogen) atoms. The lowest BCUT2D eigenvalue weighted by Crippen LogP contribution is -2.22. The Kier molecular flexibility index (Phi) is 4.70. The summed E-state index contributed by atoms with van der Waals surface area (Å²) in [5.74, 6) is 0. The second-order valence-electron chi connectivity index (χ2n) is 3.73. The summed E-state index contributed by atoms with van der Waals surface area (Å²) in [7, 11) is 0. The Morgan fingerprint density at radius 2 is 2.33 bits per heavy atom. The van der Waals surface area contributed by atoms with Gasteiger partial charge < -0.3 is 5.32 Å². The van der Waals surface area contributed by atoms with Gasteiger partial charge in [0.1, 0.15) is 0 Å². The van der Waals surface area contributed by atoms with Gasteiger partial charge in [0.25, 0.3) is 5.56 Å². The first-order chi connectivity index (χ1) is 8.70. The zero-order chi connectivity index (χ0) is 13.0. The van der Waals surface area contributed by atoms with Crippen LogP contribution < -0.4 is 10.9 Å². The van der Waals surface area contributed by atoms with E-state index in [1.165, 1.54) is 0 Å². The van der Waals surface area contributed by atoms with Gasteiger partial charge in [0.2, 0.25) is 0 Å². The summed E-state index contributed by atoms with van der Waals surface area (Å²) < 4.78 is 2.22. The number of hydrogen-bond donors (Lipinski definition) is 1. The van der Waals surface area contributed by atoms with Crippen LogP contribution in [0.4, 0.5) is 5.13 Å². The van der Waals surface area contributed by atoms with Crippen molar-refractivity contribution < 1.29 is 0 Å². The third-order valence-corrected chi connectivity index (χ3v) is 3.94. The van der Waals surface area contributed by atoms with Gasteiger partial charge in [0.15, 0.2) is 5.13 Å². The highest BCUT2D eigenvalue weighted by atomic mass is 127. The molecule has 2 rings (SSSR count). The zero-order valence-corrected chi connectivity index (χ0v) is 12.9. The fourth-order valence-corrected chi connectivity index (χ4v) is 2.71. The Morgan fingerprint density at radius 1 is 1.50 bits per heavy atom. The minimum absolute atomic E-state index is 0.0120. The summed E-state index contributed by atoms with van der Waals surface area (Å²) in [4.78, 5) is 21.2. The maximum atomic E-state index is 11.8. The molecule has 1 N–H and O–H groups in total. The van der Waals surface area contributed by atoms with Crippen LogP contribution in [0.2, 0.25) is 0 Å². The van der Waals surface area contributed by atoms with E-state index in [0.717, 1.165) is 23.0 Å². The molecular formula is C11H13IN4OS. The van der Waals surface area contributed by atoms with Gasteiger partial charge in [-0.2, -0.15) is 0 Å². The normalized spacial score (nSPS) is 10.6. The van der Waals surface area contributed by atoms with E-state index in [-0.39, 0.29) is 5.56 Å². The van der Waals surface area contributed by atoms with Gasteiger partial charge >= 0.3 is 0 Å². The first kappa shape index (κ1) is 13.5. The second-order valence-corrected chi connectivity index (χ2v) is 6.01. The van der Waals surface area contributed by atoms with E-state index in [9.17, 15) is 4.79 Å². The molecule has 0 amide bonds. The molecule has 0 aliphatic rings. The van der Waals surface area contributed by atoms with Crippen LogP contribution in [0.1, 0.15) is 18.2 Å². The average molecular weight is 376 g/mol. The molecule has 0 spiro atoms. The molecule has 0 aliphatic carbocycles. The predicted octanol–water partition coefficient (Wildman–Crippen LogP) is 2.17. The van der Waals surface area contributed by atoms with Crippen LogP contribution in [-0.4, -0.2) is 21.1 Å². The van der Waals surface area contributed by atoms with Crippen molar-refractivity contribution in [2.75, 3.05) is 11.9 Å². The van der Waals surface area contributed by atoms with Crippen LogP contribution in [0, 0.1) is 3.57 Å². The van der Waals surface area contributed by atoms with Crippen LogP contribution >= 0.6 is 33.9 Å². The molecule has 5 nitrogen and oxygen atoms in total. The second kappa shape index (κ2) is 6.28. The molecular weight excluding hydrogens is 363 g/mol. The lowest BCUT2D eigenvalue weighted by Gasteiger charge is -2.02. The van der Waals surface area contributed by atoms with Crippen LogP contribution in [-0.2, 0) is 6.54 Å². The van der Waals surface area contributed by atoms with E-state index in [0.29, 0.717) is 10.1 Å². The number of anilines is 1. The van der Waals surface area contributed by atoms with Gasteiger partial charge in [0, 0.05) is 23.8 Å². The summed E-state index contributed by atoms with van der Waals surface area (Å²) in [6, 6.07) is 0. The first-order valence-electron chi connectivity index (χ1n) is 5.59. The van der Waals surface area contributed by atoms with Crippen molar-refractivity contribution in [1.82, 2.24) is 14.5 Å². The van der Waals surface area contributed by atoms with Crippen molar-refractivity contribution in [3.63, 3.8) is 0 Å². The summed E-state index contributed by atoms with van der Waals surface area (Å²) >= 11 is 3.57. The van der Waals surface area contributed by atoms with Crippen molar-refractivity contribution in [2.24, 2.45) is 0 Å². The van der Waals surface area contributed by atoms with Crippen LogP contribution in [0.5, 0.6) is 0 Å². The van der Waals surface area contributed by atoms with E-state index in [4.69, 9.17) is 0 Å². The van der Waals surface area contributed by atoms with E-state index >= 15 is 0 Å². The summed E-state index contributed by atoms with van der Waals surface area (Å²) in [5.41, 5.74) is -0.0120. The molecule has 2 aromatic heterocycles. The molecule has 96 valence electrons. The maximum Gasteiger partial charge on any atom is 0.267 e. The number of aromatic nitrogens is 3. The third-order valence-electron chi connectivity index (χ3n) is 2.27. The Hall–Kier alpha value is -0.960. The molecule has 2 aromatic rings. The minimum Gasteiger partial charge on any atom is -0.362 e. The van der Waals surface area contributed by atoms with Gasteiger partial charge in [-0.3, -0.25) is 9.36 Å². The number of rotatable bonds is 5. The predicted molar refractivity (Wildman–Crippen MR) is 81.2 cm³/mol. The SMILES string of the molecule is CCCNc1ncc(Cn2cncc(I)c2=O)s1. The van der Waals surface area contributed by atoms with Crippen molar-refractivity contribution in [3.05, 3.63) is 37.5 Å². The molecule has 0 bridgehead atoms. The Labute approximate surface area is 122 Å². The molecule has 7 heteroatoms. The lowest BCUT2D eigenvalue weighted by molar-refractivity contribution is 0.738. The third kappa shape index (κ3) is 3.29. The number of nitrogens with zero attached hydrogens (tertiary/aromatic N) is 3. The van der Waals surface area contributed by atoms with E-state index in [1.807, 2.05) is 22.6 Å². The standard InChI is InChI=1S/C11H13IN4OS/c1-2-3-14-11-15-4-8(18-11)6-16-7-13-5-9(12)10(16)17/h4-5,7H,2-3,6H2,1H3,(H,14,15). The molecule has 0 saturated heterocycles. The van der Waals surface area contributed by atoms with E-state index in [2.05, 4.69) is 22.2 Å². The van der Waals surface area contributed by atoms with Gasteiger partial charge in [-0.05, 0) is 29.0 Å². The highest BCUT2D eigenvalue weighted by molar-refractivity contribution is 14.1. The molecule has 0 fully saturated rings. The fourth-order valence-electron chi connectivity index (χ4n) is 1.40. The van der Waals surface area contributed by atoms with Crippen molar-refractivity contribution in [3.8, 4) is 0 Å². The highest BCUT2D eigenvalue weighted by Gasteiger charge is 2.05.